The first kappa shape index (κ1) is 18.1. The first-order valence-electron chi connectivity index (χ1n) is 10.2. The molecule has 4 rings (SSSR count). The van der Waals surface area contributed by atoms with Gasteiger partial charge < -0.3 is 10.2 Å². The van der Waals surface area contributed by atoms with Crippen LogP contribution in [0.1, 0.15) is 49.4 Å². The van der Waals surface area contributed by atoms with Crippen LogP contribution in [0.25, 0.3) is 0 Å². The number of anilines is 2. The molecule has 1 aliphatic heterocycles. The van der Waals surface area contributed by atoms with Crippen LogP contribution in [0.3, 0.4) is 0 Å². The van der Waals surface area contributed by atoms with E-state index in [1.807, 2.05) is 31.3 Å². The standard InChI is InChI=1S/C22H29N5/c1-17-6-5-9-21(24-17)26-22-15-23-14-20(25-22)19-10-12-27(13-11-19)16-18-7-3-2-4-8-18/h2-3,5-6,9,14-15,18-19H,4,7-8,10-13,16H2,1H3,(H,24,25,26). The lowest BCUT2D eigenvalue weighted by molar-refractivity contribution is 0.176. The Bertz CT molecular complexity index is 780. The maximum Gasteiger partial charge on any atom is 0.150 e. The van der Waals surface area contributed by atoms with Gasteiger partial charge in [0, 0.05) is 24.4 Å². The van der Waals surface area contributed by atoms with Crippen molar-refractivity contribution in [2.45, 2.75) is 44.9 Å². The van der Waals surface area contributed by atoms with Crippen LogP contribution in [0, 0.1) is 12.8 Å². The van der Waals surface area contributed by atoms with Gasteiger partial charge in [-0.3, -0.25) is 4.98 Å². The highest BCUT2D eigenvalue weighted by atomic mass is 15.1. The summed E-state index contributed by atoms with van der Waals surface area (Å²) in [6.45, 7) is 5.58. The van der Waals surface area contributed by atoms with Gasteiger partial charge in [0.25, 0.3) is 0 Å². The van der Waals surface area contributed by atoms with Crippen molar-refractivity contribution in [3.63, 3.8) is 0 Å². The van der Waals surface area contributed by atoms with Gasteiger partial charge in [-0.1, -0.05) is 18.2 Å². The Morgan fingerprint density at radius 1 is 1.04 bits per heavy atom. The molecule has 0 bridgehead atoms. The van der Waals surface area contributed by atoms with E-state index in [-0.39, 0.29) is 0 Å². The van der Waals surface area contributed by atoms with E-state index >= 15 is 0 Å². The van der Waals surface area contributed by atoms with E-state index < -0.39 is 0 Å². The third kappa shape index (κ3) is 4.92. The van der Waals surface area contributed by atoms with Gasteiger partial charge >= 0.3 is 0 Å². The summed E-state index contributed by atoms with van der Waals surface area (Å²) in [7, 11) is 0. The van der Waals surface area contributed by atoms with Crippen molar-refractivity contribution < 1.29 is 0 Å². The van der Waals surface area contributed by atoms with E-state index in [2.05, 4.69) is 32.3 Å². The number of piperidine rings is 1. The molecular formula is C22H29N5. The summed E-state index contributed by atoms with van der Waals surface area (Å²) in [5.74, 6) is 2.95. The predicted molar refractivity (Wildman–Crippen MR) is 109 cm³/mol. The van der Waals surface area contributed by atoms with Gasteiger partial charge in [0.2, 0.25) is 0 Å². The molecule has 1 fully saturated rings. The molecule has 1 unspecified atom stereocenters. The molecule has 5 heteroatoms. The number of hydrogen-bond donors (Lipinski definition) is 1. The zero-order valence-corrected chi connectivity index (χ0v) is 16.1. The maximum atomic E-state index is 4.82. The highest BCUT2D eigenvalue weighted by Gasteiger charge is 2.24. The molecule has 2 aromatic heterocycles. The first-order chi connectivity index (χ1) is 13.3. The molecule has 1 aliphatic carbocycles. The van der Waals surface area contributed by atoms with Gasteiger partial charge in [0.1, 0.15) is 11.6 Å². The smallest absolute Gasteiger partial charge is 0.150 e. The number of pyridine rings is 1. The molecule has 0 aromatic carbocycles. The van der Waals surface area contributed by atoms with Crippen LogP contribution < -0.4 is 5.32 Å². The average molecular weight is 364 g/mol. The summed E-state index contributed by atoms with van der Waals surface area (Å²) in [6, 6.07) is 5.95. The highest BCUT2D eigenvalue weighted by Crippen LogP contribution is 2.29. The van der Waals surface area contributed by atoms with Crippen molar-refractivity contribution in [1.29, 1.82) is 0 Å². The molecule has 2 aromatic rings. The Labute approximate surface area is 162 Å². The second-order valence-electron chi connectivity index (χ2n) is 7.84. The van der Waals surface area contributed by atoms with Gasteiger partial charge in [0.15, 0.2) is 0 Å². The number of rotatable bonds is 5. The lowest BCUT2D eigenvalue weighted by Crippen LogP contribution is -2.37. The lowest BCUT2D eigenvalue weighted by atomic mass is 9.90. The number of aromatic nitrogens is 3. The van der Waals surface area contributed by atoms with Crippen molar-refractivity contribution in [1.82, 2.24) is 19.9 Å². The van der Waals surface area contributed by atoms with E-state index in [9.17, 15) is 0 Å². The summed E-state index contributed by atoms with van der Waals surface area (Å²) in [6.07, 6.45) is 14.6. The first-order valence-corrected chi connectivity index (χ1v) is 10.2. The zero-order valence-electron chi connectivity index (χ0n) is 16.1. The fourth-order valence-corrected chi connectivity index (χ4v) is 4.18. The van der Waals surface area contributed by atoms with Gasteiger partial charge in [0.05, 0.1) is 11.9 Å². The molecular weight excluding hydrogens is 334 g/mol. The van der Waals surface area contributed by atoms with Crippen molar-refractivity contribution in [2.24, 2.45) is 5.92 Å². The number of likely N-dealkylation sites (tertiary alicyclic amines) is 1. The topological polar surface area (TPSA) is 53.9 Å². The summed E-state index contributed by atoms with van der Waals surface area (Å²) < 4.78 is 0. The quantitative estimate of drug-likeness (QED) is 0.795. The van der Waals surface area contributed by atoms with Crippen LogP contribution >= 0.6 is 0 Å². The van der Waals surface area contributed by atoms with Crippen molar-refractivity contribution in [3.05, 3.63) is 54.1 Å². The normalized spacial score (nSPS) is 21.3. The third-order valence-electron chi connectivity index (χ3n) is 5.70. The van der Waals surface area contributed by atoms with Gasteiger partial charge in [-0.25, -0.2) is 9.97 Å². The molecule has 1 N–H and O–H groups in total. The fraction of sp³-hybridized carbons (Fsp3) is 0.500. The number of nitrogens with one attached hydrogen (secondary N) is 1. The molecule has 5 nitrogen and oxygen atoms in total. The minimum Gasteiger partial charge on any atom is -0.324 e. The van der Waals surface area contributed by atoms with Crippen LogP contribution in [0.5, 0.6) is 0 Å². The van der Waals surface area contributed by atoms with Crippen LogP contribution in [-0.4, -0.2) is 39.5 Å². The SMILES string of the molecule is Cc1cccc(Nc2cncc(C3CCN(CC4CC=CCC4)CC3)n2)n1. The lowest BCUT2D eigenvalue weighted by Gasteiger charge is -2.34. The molecule has 1 saturated heterocycles. The van der Waals surface area contributed by atoms with Gasteiger partial charge in [-0.05, 0) is 70.2 Å². The average Bonchev–Trinajstić information content (AvgIpc) is 2.70. The zero-order chi connectivity index (χ0) is 18.5. The molecule has 0 radical (unpaired) electrons. The highest BCUT2D eigenvalue weighted by molar-refractivity contribution is 5.50. The summed E-state index contributed by atoms with van der Waals surface area (Å²) >= 11 is 0. The van der Waals surface area contributed by atoms with E-state index in [1.54, 1.807) is 6.20 Å². The Kier molecular flexibility index (Phi) is 5.78. The Balaban J connectivity index is 1.33. The Morgan fingerprint density at radius 2 is 1.93 bits per heavy atom. The minimum atomic E-state index is 0.507. The number of allylic oxidation sites excluding steroid dienone is 2. The number of hydrogen-bond acceptors (Lipinski definition) is 5. The van der Waals surface area contributed by atoms with E-state index in [4.69, 9.17) is 4.98 Å². The molecule has 1 atom stereocenters. The molecule has 142 valence electrons. The number of nitrogens with zero attached hydrogens (tertiary/aromatic N) is 4. The van der Waals surface area contributed by atoms with Gasteiger partial charge in [-0.2, -0.15) is 0 Å². The Morgan fingerprint density at radius 3 is 2.70 bits per heavy atom. The summed E-state index contributed by atoms with van der Waals surface area (Å²) in [4.78, 5) is 16.4. The van der Waals surface area contributed by atoms with E-state index in [0.717, 1.165) is 28.9 Å². The summed E-state index contributed by atoms with van der Waals surface area (Å²) in [5.41, 5.74) is 2.10. The fourth-order valence-electron chi connectivity index (χ4n) is 4.18. The molecule has 0 spiro atoms. The van der Waals surface area contributed by atoms with Crippen LogP contribution in [-0.2, 0) is 0 Å². The van der Waals surface area contributed by atoms with Crippen molar-refractivity contribution in [2.75, 3.05) is 25.0 Å². The summed E-state index contributed by atoms with van der Waals surface area (Å²) in [5, 5.41) is 3.29. The Hall–Kier alpha value is -2.27. The van der Waals surface area contributed by atoms with E-state index in [1.165, 1.54) is 51.7 Å². The second-order valence-corrected chi connectivity index (χ2v) is 7.84. The van der Waals surface area contributed by atoms with Crippen LogP contribution in [0.15, 0.2) is 42.7 Å². The van der Waals surface area contributed by atoms with Gasteiger partial charge in [-0.15, -0.1) is 0 Å². The van der Waals surface area contributed by atoms with Crippen LogP contribution in [0.2, 0.25) is 0 Å². The second kappa shape index (κ2) is 8.61. The molecule has 3 heterocycles. The molecule has 2 aliphatic rings. The third-order valence-corrected chi connectivity index (χ3v) is 5.70. The maximum absolute atomic E-state index is 4.82. The molecule has 0 amide bonds. The number of aryl methyl sites for hydroxylation is 1. The van der Waals surface area contributed by atoms with Crippen LogP contribution in [0.4, 0.5) is 11.6 Å². The minimum absolute atomic E-state index is 0.507. The molecule has 27 heavy (non-hydrogen) atoms. The van der Waals surface area contributed by atoms with E-state index in [0.29, 0.717) is 5.92 Å². The van der Waals surface area contributed by atoms with Crippen molar-refractivity contribution >= 4 is 11.6 Å². The largest absolute Gasteiger partial charge is 0.324 e. The molecule has 0 saturated carbocycles. The monoisotopic (exact) mass is 363 g/mol. The van der Waals surface area contributed by atoms with Crippen molar-refractivity contribution in [3.8, 4) is 0 Å². The predicted octanol–water partition coefficient (Wildman–Crippen LogP) is 4.46.